The quantitative estimate of drug-likeness (QED) is 0.833. The number of nitrogens with zero attached hydrogens (tertiary/aromatic N) is 3. The van der Waals surface area contributed by atoms with Gasteiger partial charge in [0.05, 0.1) is 19.0 Å². The Kier molecular flexibility index (Phi) is 3.63. The number of nitrogens with two attached hydrogens (primary N) is 1. The van der Waals surface area contributed by atoms with Gasteiger partial charge in [0, 0.05) is 12.3 Å². The van der Waals surface area contributed by atoms with Crippen LogP contribution in [-0.2, 0) is 0 Å². The van der Waals surface area contributed by atoms with Crippen molar-refractivity contribution in [2.45, 2.75) is 0 Å². The summed E-state index contributed by atoms with van der Waals surface area (Å²) < 4.78 is 6.91. The minimum Gasteiger partial charge on any atom is -0.493 e. The van der Waals surface area contributed by atoms with Gasteiger partial charge in [0.15, 0.2) is 16.7 Å². The van der Waals surface area contributed by atoms with E-state index in [0.717, 1.165) is 0 Å². The second-order valence-corrected chi connectivity index (χ2v) is 4.17. The first kappa shape index (κ1) is 12.6. The molecule has 2 aromatic rings. The number of methoxy groups -OCH3 is 1. The molecule has 0 amide bonds. The van der Waals surface area contributed by atoms with Crippen LogP contribution in [0.5, 0.6) is 5.75 Å². The van der Waals surface area contributed by atoms with Crippen molar-refractivity contribution in [3.8, 4) is 11.6 Å². The fourth-order valence-corrected chi connectivity index (χ4v) is 1.67. The summed E-state index contributed by atoms with van der Waals surface area (Å²) in [6, 6.07) is 1.73. The second-order valence-electron chi connectivity index (χ2n) is 3.34. The summed E-state index contributed by atoms with van der Waals surface area (Å²) in [5.41, 5.74) is 6.04. The molecule has 0 bridgehead atoms. The summed E-state index contributed by atoms with van der Waals surface area (Å²) in [4.78, 5) is 8.16. The summed E-state index contributed by atoms with van der Waals surface area (Å²) in [7, 11) is 1.55. The molecule has 0 saturated heterocycles. The SMILES string of the molecule is COc1cc(NC(N)=S)cnc1-n1cnc(Cl)c1. The molecule has 0 aliphatic heterocycles. The number of nitrogens with one attached hydrogen (secondary N) is 1. The van der Waals surface area contributed by atoms with E-state index in [0.29, 0.717) is 22.4 Å². The Morgan fingerprint density at radius 1 is 1.56 bits per heavy atom. The molecular formula is C10H10ClN5OS. The maximum atomic E-state index is 5.76. The molecule has 2 aromatic heterocycles. The molecular weight excluding hydrogens is 274 g/mol. The second kappa shape index (κ2) is 5.19. The molecule has 0 radical (unpaired) electrons. The van der Waals surface area contributed by atoms with E-state index >= 15 is 0 Å². The van der Waals surface area contributed by atoms with Gasteiger partial charge in [0.25, 0.3) is 0 Å². The number of anilines is 1. The predicted octanol–water partition coefficient (Wildman–Crippen LogP) is 1.58. The van der Waals surface area contributed by atoms with Crippen molar-refractivity contribution in [2.24, 2.45) is 5.73 Å². The monoisotopic (exact) mass is 283 g/mol. The molecule has 6 nitrogen and oxygen atoms in total. The number of hydrogen-bond donors (Lipinski definition) is 2. The molecule has 0 aromatic carbocycles. The van der Waals surface area contributed by atoms with Crippen molar-refractivity contribution < 1.29 is 4.74 Å². The van der Waals surface area contributed by atoms with Crippen molar-refractivity contribution in [1.82, 2.24) is 14.5 Å². The zero-order chi connectivity index (χ0) is 13.1. The van der Waals surface area contributed by atoms with Gasteiger partial charge in [-0.05, 0) is 12.2 Å². The van der Waals surface area contributed by atoms with Crippen molar-refractivity contribution in [1.29, 1.82) is 0 Å². The van der Waals surface area contributed by atoms with Crippen LogP contribution < -0.4 is 15.8 Å². The Labute approximate surface area is 114 Å². The Hall–Kier alpha value is -1.86. The first-order chi connectivity index (χ1) is 8.60. The van der Waals surface area contributed by atoms with Crippen LogP contribution >= 0.6 is 23.8 Å². The molecule has 0 fully saturated rings. The lowest BCUT2D eigenvalue weighted by Crippen LogP contribution is -2.19. The number of ether oxygens (including phenoxy) is 1. The highest BCUT2D eigenvalue weighted by atomic mass is 35.5. The Bertz CT molecular complexity index is 585. The normalized spacial score (nSPS) is 10.1. The average molecular weight is 284 g/mol. The maximum Gasteiger partial charge on any atom is 0.181 e. The van der Waals surface area contributed by atoms with Crippen LogP contribution in [0.4, 0.5) is 5.69 Å². The maximum absolute atomic E-state index is 5.76. The third-order valence-corrected chi connectivity index (χ3v) is 2.41. The first-order valence-corrected chi connectivity index (χ1v) is 5.69. The van der Waals surface area contributed by atoms with Crippen molar-refractivity contribution in [2.75, 3.05) is 12.4 Å². The summed E-state index contributed by atoms with van der Waals surface area (Å²) in [5.74, 6) is 1.12. The number of pyridine rings is 1. The molecule has 0 aliphatic rings. The zero-order valence-electron chi connectivity index (χ0n) is 9.42. The molecule has 3 N–H and O–H groups in total. The zero-order valence-corrected chi connectivity index (χ0v) is 11.0. The van der Waals surface area contributed by atoms with Crippen LogP contribution in [0.2, 0.25) is 5.15 Å². The van der Waals surface area contributed by atoms with Crippen LogP contribution in [-0.4, -0.2) is 26.8 Å². The van der Waals surface area contributed by atoms with Gasteiger partial charge in [0.1, 0.15) is 11.5 Å². The van der Waals surface area contributed by atoms with Gasteiger partial charge >= 0.3 is 0 Å². The highest BCUT2D eigenvalue weighted by Crippen LogP contribution is 2.24. The lowest BCUT2D eigenvalue weighted by molar-refractivity contribution is 0.411. The van der Waals surface area contributed by atoms with E-state index in [1.165, 1.54) is 0 Å². The van der Waals surface area contributed by atoms with Gasteiger partial charge in [-0.2, -0.15) is 0 Å². The highest BCUT2D eigenvalue weighted by Gasteiger charge is 2.09. The first-order valence-electron chi connectivity index (χ1n) is 4.90. The molecule has 0 unspecified atom stereocenters. The number of halogens is 1. The lowest BCUT2D eigenvalue weighted by Gasteiger charge is -2.10. The number of aromatic nitrogens is 3. The predicted molar refractivity (Wildman–Crippen MR) is 73.3 cm³/mol. The topological polar surface area (TPSA) is 78.0 Å². The van der Waals surface area contributed by atoms with E-state index < -0.39 is 0 Å². The Morgan fingerprint density at radius 2 is 2.33 bits per heavy atom. The molecule has 18 heavy (non-hydrogen) atoms. The molecule has 0 atom stereocenters. The highest BCUT2D eigenvalue weighted by molar-refractivity contribution is 7.80. The molecule has 2 heterocycles. The largest absolute Gasteiger partial charge is 0.493 e. The number of thiocarbonyl (C=S) groups is 1. The third kappa shape index (κ3) is 2.69. The average Bonchev–Trinajstić information content (AvgIpc) is 2.74. The standard InChI is InChI=1S/C10H10ClN5OS/c1-17-7-2-6(15-10(12)18)3-13-9(7)16-4-8(11)14-5-16/h2-5H,1H3,(H3,12,15,18). The van der Waals surface area contributed by atoms with Gasteiger partial charge in [-0.1, -0.05) is 11.6 Å². The fraction of sp³-hybridized carbons (Fsp3) is 0.100. The molecule has 8 heteroatoms. The summed E-state index contributed by atoms with van der Waals surface area (Å²) in [6.45, 7) is 0. The summed E-state index contributed by atoms with van der Waals surface area (Å²) >= 11 is 10.5. The number of hydrogen-bond acceptors (Lipinski definition) is 4. The smallest absolute Gasteiger partial charge is 0.181 e. The van der Waals surface area contributed by atoms with Crippen LogP contribution in [0, 0.1) is 0 Å². The van der Waals surface area contributed by atoms with Gasteiger partial charge < -0.3 is 15.8 Å². The van der Waals surface area contributed by atoms with Gasteiger partial charge in [0.2, 0.25) is 0 Å². The molecule has 94 valence electrons. The van der Waals surface area contributed by atoms with Gasteiger partial charge in [-0.25, -0.2) is 9.97 Å². The van der Waals surface area contributed by atoms with Crippen LogP contribution in [0.25, 0.3) is 5.82 Å². The minimum absolute atomic E-state index is 0.164. The molecule has 0 saturated carbocycles. The van der Waals surface area contributed by atoms with E-state index in [9.17, 15) is 0 Å². The number of rotatable bonds is 3. The summed E-state index contributed by atoms with van der Waals surface area (Å²) in [6.07, 6.45) is 4.77. The Morgan fingerprint density at radius 3 is 2.89 bits per heavy atom. The molecule has 0 spiro atoms. The van der Waals surface area contributed by atoms with Crippen LogP contribution in [0.1, 0.15) is 0 Å². The van der Waals surface area contributed by atoms with E-state index in [-0.39, 0.29) is 5.11 Å². The van der Waals surface area contributed by atoms with Crippen molar-refractivity contribution >= 4 is 34.6 Å². The van der Waals surface area contributed by atoms with E-state index in [1.807, 2.05) is 0 Å². The van der Waals surface area contributed by atoms with E-state index in [1.54, 1.807) is 36.5 Å². The van der Waals surface area contributed by atoms with Crippen molar-refractivity contribution in [3.05, 3.63) is 29.9 Å². The van der Waals surface area contributed by atoms with E-state index in [4.69, 9.17) is 34.3 Å². The van der Waals surface area contributed by atoms with Crippen molar-refractivity contribution in [3.63, 3.8) is 0 Å². The fourth-order valence-electron chi connectivity index (χ4n) is 1.41. The van der Waals surface area contributed by atoms with Gasteiger partial charge in [-0.15, -0.1) is 0 Å². The molecule has 0 aliphatic carbocycles. The van der Waals surface area contributed by atoms with Gasteiger partial charge in [-0.3, -0.25) is 4.57 Å². The van der Waals surface area contributed by atoms with Crippen LogP contribution in [0.3, 0.4) is 0 Å². The van der Waals surface area contributed by atoms with E-state index in [2.05, 4.69) is 15.3 Å². The minimum atomic E-state index is 0.164. The molecule has 2 rings (SSSR count). The summed E-state index contributed by atoms with van der Waals surface area (Å²) in [5, 5.41) is 3.32. The third-order valence-electron chi connectivity index (χ3n) is 2.12. The number of imidazole rings is 1. The Balaban J connectivity index is 2.40. The lowest BCUT2D eigenvalue weighted by atomic mass is 10.3. The van der Waals surface area contributed by atoms with Crippen LogP contribution in [0.15, 0.2) is 24.8 Å².